The highest BCUT2D eigenvalue weighted by atomic mass is 16.1. The first kappa shape index (κ1) is 18.0. The van der Waals surface area contributed by atoms with Crippen LogP contribution in [0.4, 0.5) is 5.82 Å². The number of nitrogens with one attached hydrogen (secondary N) is 1. The van der Waals surface area contributed by atoms with E-state index in [0.29, 0.717) is 0 Å². The lowest BCUT2D eigenvalue weighted by Crippen LogP contribution is -2.45. The molecule has 2 heterocycles. The zero-order valence-corrected chi connectivity index (χ0v) is 15.8. The molecule has 0 spiro atoms. The van der Waals surface area contributed by atoms with Crippen LogP contribution in [0.25, 0.3) is 0 Å². The van der Waals surface area contributed by atoms with E-state index in [4.69, 9.17) is 0 Å². The molecule has 0 radical (unpaired) electrons. The Morgan fingerprint density at radius 3 is 2.52 bits per heavy atom. The van der Waals surface area contributed by atoms with Crippen molar-refractivity contribution in [2.24, 2.45) is 5.92 Å². The third kappa shape index (κ3) is 3.97. The molecule has 2 fully saturated rings. The van der Waals surface area contributed by atoms with E-state index in [0.717, 1.165) is 38.3 Å². The van der Waals surface area contributed by atoms with Gasteiger partial charge in [0.05, 0.1) is 6.20 Å². The van der Waals surface area contributed by atoms with E-state index in [9.17, 15) is 4.79 Å². The van der Waals surface area contributed by atoms with Crippen molar-refractivity contribution in [1.82, 2.24) is 15.3 Å². The van der Waals surface area contributed by atoms with Crippen molar-refractivity contribution in [3.63, 3.8) is 0 Å². The van der Waals surface area contributed by atoms with Gasteiger partial charge in [0.15, 0.2) is 0 Å². The molecule has 1 saturated heterocycles. The summed E-state index contributed by atoms with van der Waals surface area (Å²) in [5.74, 6) is 1.23. The zero-order chi connectivity index (χ0) is 18.5. The third-order valence-electron chi connectivity index (χ3n) is 6.29. The number of rotatable bonds is 5. The van der Waals surface area contributed by atoms with Gasteiger partial charge in [-0.15, -0.1) is 0 Å². The summed E-state index contributed by atoms with van der Waals surface area (Å²) in [4.78, 5) is 23.5. The molecule has 1 aliphatic carbocycles. The SMILES string of the molecule is O=C(NCC1(c2ccccc2)CCCC1)C1CCN(c2cnccn2)CC1. The number of carbonyl (C=O) groups is 1. The highest BCUT2D eigenvalue weighted by Gasteiger charge is 2.36. The van der Waals surface area contributed by atoms with Crippen LogP contribution in [0.15, 0.2) is 48.9 Å². The smallest absolute Gasteiger partial charge is 0.223 e. The second-order valence-corrected chi connectivity index (χ2v) is 7.90. The van der Waals surface area contributed by atoms with Crippen LogP contribution < -0.4 is 10.2 Å². The quantitative estimate of drug-likeness (QED) is 0.884. The van der Waals surface area contributed by atoms with Gasteiger partial charge in [-0.1, -0.05) is 43.2 Å². The van der Waals surface area contributed by atoms with Gasteiger partial charge in [-0.25, -0.2) is 4.98 Å². The minimum atomic E-state index is 0.104. The summed E-state index contributed by atoms with van der Waals surface area (Å²) in [5, 5.41) is 3.30. The number of hydrogen-bond donors (Lipinski definition) is 1. The zero-order valence-electron chi connectivity index (χ0n) is 15.8. The second kappa shape index (κ2) is 8.07. The van der Waals surface area contributed by atoms with E-state index in [1.165, 1.54) is 31.2 Å². The van der Waals surface area contributed by atoms with Crippen molar-refractivity contribution in [2.75, 3.05) is 24.5 Å². The summed E-state index contributed by atoms with van der Waals surface area (Å²) in [6, 6.07) is 10.7. The lowest BCUT2D eigenvalue weighted by molar-refractivity contribution is -0.125. The first-order chi connectivity index (χ1) is 13.3. The standard InChI is InChI=1S/C22H28N4O/c27-21(18-8-14-26(15-9-18)20-16-23-12-13-24-20)25-17-22(10-4-5-11-22)19-6-2-1-3-7-19/h1-3,6-7,12-13,16,18H,4-5,8-11,14-15,17H2,(H,25,27). The molecule has 27 heavy (non-hydrogen) atoms. The monoisotopic (exact) mass is 364 g/mol. The van der Waals surface area contributed by atoms with Crippen molar-refractivity contribution < 1.29 is 4.79 Å². The highest BCUT2D eigenvalue weighted by molar-refractivity contribution is 5.79. The molecule has 1 aromatic carbocycles. The summed E-state index contributed by atoms with van der Waals surface area (Å²) in [6.07, 6.45) is 11.8. The van der Waals surface area contributed by atoms with Crippen molar-refractivity contribution in [3.8, 4) is 0 Å². The highest BCUT2D eigenvalue weighted by Crippen LogP contribution is 2.40. The van der Waals surface area contributed by atoms with Gasteiger partial charge in [-0.3, -0.25) is 9.78 Å². The van der Waals surface area contributed by atoms with Gasteiger partial charge in [-0.2, -0.15) is 0 Å². The molecular weight excluding hydrogens is 336 g/mol. The Hall–Kier alpha value is -2.43. The Bertz CT molecular complexity index is 735. The van der Waals surface area contributed by atoms with Crippen LogP contribution in [-0.4, -0.2) is 35.5 Å². The number of nitrogens with zero attached hydrogens (tertiary/aromatic N) is 3. The molecule has 1 N–H and O–H groups in total. The van der Waals surface area contributed by atoms with Crippen LogP contribution >= 0.6 is 0 Å². The average molecular weight is 364 g/mol. The second-order valence-electron chi connectivity index (χ2n) is 7.90. The predicted octanol–water partition coefficient (Wildman–Crippen LogP) is 3.32. The van der Waals surface area contributed by atoms with Crippen LogP contribution in [-0.2, 0) is 10.2 Å². The molecule has 0 bridgehead atoms. The Morgan fingerprint density at radius 2 is 1.85 bits per heavy atom. The van der Waals surface area contributed by atoms with Gasteiger partial charge in [-0.05, 0) is 31.2 Å². The van der Waals surface area contributed by atoms with Crippen LogP contribution in [0.2, 0.25) is 0 Å². The number of piperidine rings is 1. The van der Waals surface area contributed by atoms with Gasteiger partial charge in [0, 0.05) is 43.4 Å². The topological polar surface area (TPSA) is 58.1 Å². The van der Waals surface area contributed by atoms with Gasteiger partial charge >= 0.3 is 0 Å². The van der Waals surface area contributed by atoms with Crippen molar-refractivity contribution in [1.29, 1.82) is 0 Å². The number of carbonyl (C=O) groups excluding carboxylic acids is 1. The summed E-state index contributed by atoms with van der Waals surface area (Å²) < 4.78 is 0. The number of amides is 1. The maximum atomic E-state index is 12.8. The molecule has 1 amide bonds. The number of anilines is 1. The van der Waals surface area contributed by atoms with E-state index in [2.05, 4.69) is 50.5 Å². The van der Waals surface area contributed by atoms with E-state index < -0.39 is 0 Å². The largest absolute Gasteiger partial charge is 0.355 e. The Kier molecular flexibility index (Phi) is 5.37. The molecule has 4 rings (SSSR count). The molecule has 1 aromatic heterocycles. The normalized spacial score (nSPS) is 19.8. The Morgan fingerprint density at radius 1 is 1.11 bits per heavy atom. The fourth-order valence-electron chi connectivity index (χ4n) is 4.64. The molecule has 1 saturated carbocycles. The summed E-state index contributed by atoms with van der Waals surface area (Å²) >= 11 is 0. The number of aromatic nitrogens is 2. The van der Waals surface area contributed by atoms with E-state index >= 15 is 0 Å². The summed E-state index contributed by atoms with van der Waals surface area (Å²) in [5.41, 5.74) is 1.50. The van der Waals surface area contributed by atoms with Gasteiger partial charge in [0.2, 0.25) is 5.91 Å². The molecule has 2 aliphatic rings. The van der Waals surface area contributed by atoms with E-state index in [1.807, 2.05) is 0 Å². The molecular formula is C22H28N4O. The van der Waals surface area contributed by atoms with E-state index in [-0.39, 0.29) is 17.2 Å². The minimum Gasteiger partial charge on any atom is -0.355 e. The fraction of sp³-hybridized carbons (Fsp3) is 0.500. The van der Waals surface area contributed by atoms with Crippen molar-refractivity contribution in [3.05, 3.63) is 54.5 Å². The first-order valence-electron chi connectivity index (χ1n) is 10.1. The first-order valence-corrected chi connectivity index (χ1v) is 10.1. The van der Waals surface area contributed by atoms with Crippen molar-refractivity contribution >= 4 is 11.7 Å². The average Bonchev–Trinajstić information content (AvgIpc) is 3.24. The molecule has 5 heteroatoms. The fourth-order valence-corrected chi connectivity index (χ4v) is 4.64. The number of benzene rings is 1. The molecule has 5 nitrogen and oxygen atoms in total. The maximum Gasteiger partial charge on any atom is 0.223 e. The molecule has 2 aromatic rings. The molecule has 142 valence electrons. The lowest BCUT2D eigenvalue weighted by Gasteiger charge is -2.34. The predicted molar refractivity (Wildman–Crippen MR) is 107 cm³/mol. The number of hydrogen-bond acceptors (Lipinski definition) is 4. The Balaban J connectivity index is 1.33. The van der Waals surface area contributed by atoms with Gasteiger partial charge < -0.3 is 10.2 Å². The molecule has 0 atom stereocenters. The van der Waals surface area contributed by atoms with Crippen LogP contribution in [0, 0.1) is 5.92 Å². The Labute approximate surface area is 161 Å². The maximum absolute atomic E-state index is 12.8. The van der Waals surface area contributed by atoms with E-state index in [1.54, 1.807) is 18.6 Å². The molecule has 0 unspecified atom stereocenters. The van der Waals surface area contributed by atoms with Crippen LogP contribution in [0.1, 0.15) is 44.1 Å². The molecule has 1 aliphatic heterocycles. The van der Waals surface area contributed by atoms with Gasteiger partial charge in [0.1, 0.15) is 5.82 Å². The van der Waals surface area contributed by atoms with Crippen LogP contribution in [0.5, 0.6) is 0 Å². The van der Waals surface area contributed by atoms with Crippen molar-refractivity contribution in [2.45, 2.75) is 43.9 Å². The lowest BCUT2D eigenvalue weighted by atomic mass is 9.78. The third-order valence-corrected chi connectivity index (χ3v) is 6.29. The van der Waals surface area contributed by atoms with Crippen LogP contribution in [0.3, 0.4) is 0 Å². The summed E-state index contributed by atoms with van der Waals surface area (Å²) in [6.45, 7) is 2.49. The van der Waals surface area contributed by atoms with Gasteiger partial charge in [0.25, 0.3) is 0 Å². The summed E-state index contributed by atoms with van der Waals surface area (Å²) in [7, 11) is 0. The minimum absolute atomic E-state index is 0.104.